The van der Waals surface area contributed by atoms with Crippen LogP contribution in [0.5, 0.6) is 0 Å². The van der Waals surface area contributed by atoms with Crippen LogP contribution in [0.25, 0.3) is 12.2 Å². The predicted octanol–water partition coefficient (Wildman–Crippen LogP) is 4.28. The van der Waals surface area contributed by atoms with Crippen LogP contribution in [0.1, 0.15) is 18.1 Å². The van der Waals surface area contributed by atoms with Crippen LogP contribution in [-0.2, 0) is 4.79 Å². The van der Waals surface area contributed by atoms with E-state index >= 15 is 0 Å². The van der Waals surface area contributed by atoms with Crippen molar-refractivity contribution in [3.8, 4) is 0 Å². The van der Waals surface area contributed by atoms with Crippen molar-refractivity contribution >= 4 is 29.4 Å². The molecule has 0 aliphatic heterocycles. The molecule has 0 atom stereocenters. The number of benzene rings is 2. The summed E-state index contributed by atoms with van der Waals surface area (Å²) in [5.41, 5.74) is 3.05. The summed E-state index contributed by atoms with van der Waals surface area (Å²) in [7, 11) is 0. The highest BCUT2D eigenvalue weighted by Crippen LogP contribution is 2.16. The van der Waals surface area contributed by atoms with Crippen molar-refractivity contribution in [3.63, 3.8) is 0 Å². The number of hydrogen-bond acceptors (Lipinski definition) is 3. The standard InChI is InChI=1S/C18H16N2O3/c1-13(2)18(21)19-16-9-5-14(6-10-16)3-4-15-7-11-17(12-8-15)20(22)23/h3-12H,1H2,2H3,(H,19,21). The van der Waals surface area contributed by atoms with Crippen molar-refractivity contribution in [2.75, 3.05) is 5.32 Å². The Morgan fingerprint density at radius 3 is 1.96 bits per heavy atom. The molecule has 23 heavy (non-hydrogen) atoms. The van der Waals surface area contributed by atoms with Crippen molar-refractivity contribution in [2.45, 2.75) is 6.92 Å². The van der Waals surface area contributed by atoms with Gasteiger partial charge < -0.3 is 5.32 Å². The van der Waals surface area contributed by atoms with E-state index in [4.69, 9.17) is 0 Å². The summed E-state index contributed by atoms with van der Waals surface area (Å²) in [6.07, 6.45) is 3.76. The predicted molar refractivity (Wildman–Crippen MR) is 91.9 cm³/mol. The second-order valence-corrected chi connectivity index (χ2v) is 5.04. The molecule has 1 N–H and O–H groups in total. The Labute approximate surface area is 134 Å². The molecule has 0 aliphatic carbocycles. The van der Waals surface area contributed by atoms with Gasteiger partial charge in [-0.1, -0.05) is 30.9 Å². The second kappa shape index (κ2) is 7.17. The van der Waals surface area contributed by atoms with Gasteiger partial charge in [0.1, 0.15) is 0 Å². The average molecular weight is 308 g/mol. The van der Waals surface area contributed by atoms with Crippen LogP contribution in [0.3, 0.4) is 0 Å². The molecule has 5 heteroatoms. The highest BCUT2D eigenvalue weighted by atomic mass is 16.6. The number of amides is 1. The minimum atomic E-state index is -0.425. The van der Waals surface area contributed by atoms with Crippen molar-refractivity contribution in [2.24, 2.45) is 0 Å². The molecule has 0 saturated carbocycles. The van der Waals surface area contributed by atoms with E-state index in [0.29, 0.717) is 11.3 Å². The van der Waals surface area contributed by atoms with Crippen LogP contribution in [0, 0.1) is 10.1 Å². The van der Waals surface area contributed by atoms with Gasteiger partial charge in [-0.3, -0.25) is 14.9 Å². The number of nitrogens with one attached hydrogen (secondary N) is 1. The van der Waals surface area contributed by atoms with E-state index in [1.807, 2.05) is 24.3 Å². The van der Waals surface area contributed by atoms with Gasteiger partial charge in [-0.2, -0.15) is 0 Å². The van der Waals surface area contributed by atoms with Gasteiger partial charge in [-0.15, -0.1) is 0 Å². The van der Waals surface area contributed by atoms with Gasteiger partial charge in [0.25, 0.3) is 11.6 Å². The summed E-state index contributed by atoms with van der Waals surface area (Å²) in [4.78, 5) is 21.7. The van der Waals surface area contributed by atoms with Crippen LogP contribution < -0.4 is 5.32 Å². The molecule has 0 radical (unpaired) electrons. The second-order valence-electron chi connectivity index (χ2n) is 5.04. The van der Waals surface area contributed by atoms with Gasteiger partial charge in [0.05, 0.1) is 4.92 Å². The number of nitrogens with zero attached hydrogens (tertiary/aromatic N) is 1. The first-order valence-electron chi connectivity index (χ1n) is 6.95. The Balaban J connectivity index is 2.04. The maximum absolute atomic E-state index is 11.5. The molecule has 0 heterocycles. The molecule has 0 spiro atoms. The van der Waals surface area contributed by atoms with Gasteiger partial charge in [0.15, 0.2) is 0 Å². The summed E-state index contributed by atoms with van der Waals surface area (Å²) in [6, 6.07) is 13.7. The van der Waals surface area contributed by atoms with Crippen molar-refractivity contribution in [1.82, 2.24) is 0 Å². The lowest BCUT2D eigenvalue weighted by atomic mass is 10.1. The van der Waals surface area contributed by atoms with Crippen molar-refractivity contribution in [3.05, 3.63) is 81.9 Å². The number of carbonyl (C=O) groups is 1. The van der Waals surface area contributed by atoms with Crippen LogP contribution in [0.15, 0.2) is 60.7 Å². The first kappa shape index (κ1) is 16.2. The molecule has 116 valence electrons. The Kier molecular flexibility index (Phi) is 5.04. The van der Waals surface area contributed by atoms with E-state index in [0.717, 1.165) is 11.1 Å². The van der Waals surface area contributed by atoms with Crippen molar-refractivity contribution < 1.29 is 9.72 Å². The molecule has 0 saturated heterocycles. The first-order valence-corrected chi connectivity index (χ1v) is 6.95. The number of non-ortho nitro benzene ring substituents is 1. The average Bonchev–Trinajstić information content (AvgIpc) is 2.54. The van der Waals surface area contributed by atoms with E-state index in [9.17, 15) is 14.9 Å². The van der Waals surface area contributed by atoms with Crippen LogP contribution in [-0.4, -0.2) is 10.8 Å². The minimum absolute atomic E-state index is 0.0692. The van der Waals surface area contributed by atoms with E-state index < -0.39 is 4.92 Å². The molecule has 5 nitrogen and oxygen atoms in total. The zero-order valence-electron chi connectivity index (χ0n) is 12.7. The molecular formula is C18H16N2O3. The lowest BCUT2D eigenvalue weighted by Crippen LogP contribution is -2.11. The molecule has 0 aliphatic rings. The summed E-state index contributed by atoms with van der Waals surface area (Å²) < 4.78 is 0. The van der Waals surface area contributed by atoms with Crippen molar-refractivity contribution in [1.29, 1.82) is 0 Å². The number of anilines is 1. The number of hydrogen-bond donors (Lipinski definition) is 1. The summed E-state index contributed by atoms with van der Waals surface area (Å²) in [6.45, 7) is 5.23. The zero-order chi connectivity index (χ0) is 16.8. The van der Waals surface area contributed by atoms with Crippen LogP contribution >= 0.6 is 0 Å². The third kappa shape index (κ3) is 4.64. The molecule has 0 bridgehead atoms. The lowest BCUT2D eigenvalue weighted by molar-refractivity contribution is -0.384. The third-order valence-corrected chi connectivity index (χ3v) is 3.13. The van der Waals surface area contributed by atoms with Gasteiger partial charge in [0.2, 0.25) is 0 Å². The Hall–Kier alpha value is -3.21. The molecule has 2 rings (SSSR count). The quantitative estimate of drug-likeness (QED) is 0.388. The SMILES string of the molecule is C=C(C)C(=O)Nc1ccc(C=Cc2ccc([N+](=O)[O-])cc2)cc1. The Morgan fingerprint density at radius 1 is 1.04 bits per heavy atom. The largest absolute Gasteiger partial charge is 0.322 e. The molecule has 2 aromatic carbocycles. The fourth-order valence-corrected chi connectivity index (χ4v) is 1.81. The highest BCUT2D eigenvalue weighted by Gasteiger charge is 2.03. The number of rotatable bonds is 5. The van der Waals surface area contributed by atoms with E-state index in [-0.39, 0.29) is 11.6 Å². The molecular weight excluding hydrogens is 292 g/mol. The fraction of sp³-hybridized carbons (Fsp3) is 0.0556. The van der Waals surface area contributed by atoms with Gasteiger partial charge in [-0.25, -0.2) is 0 Å². The van der Waals surface area contributed by atoms with Gasteiger partial charge in [-0.05, 0) is 42.3 Å². The Morgan fingerprint density at radius 2 is 1.52 bits per heavy atom. The van der Waals surface area contributed by atoms with Gasteiger partial charge in [0, 0.05) is 23.4 Å². The van der Waals surface area contributed by atoms with E-state index in [1.54, 1.807) is 31.2 Å². The zero-order valence-corrected chi connectivity index (χ0v) is 12.7. The summed E-state index contributed by atoms with van der Waals surface area (Å²) in [5.74, 6) is -0.209. The van der Waals surface area contributed by atoms with E-state index in [1.165, 1.54) is 12.1 Å². The fourth-order valence-electron chi connectivity index (χ4n) is 1.81. The first-order chi connectivity index (χ1) is 11.0. The van der Waals surface area contributed by atoms with Gasteiger partial charge >= 0.3 is 0 Å². The normalized spacial score (nSPS) is 10.5. The third-order valence-electron chi connectivity index (χ3n) is 3.13. The van der Waals surface area contributed by atoms with Crippen LogP contribution in [0.2, 0.25) is 0 Å². The molecule has 0 unspecified atom stereocenters. The monoisotopic (exact) mass is 308 g/mol. The smallest absolute Gasteiger partial charge is 0.269 e. The molecule has 0 fully saturated rings. The van der Waals surface area contributed by atoms with Crippen LogP contribution in [0.4, 0.5) is 11.4 Å². The maximum Gasteiger partial charge on any atom is 0.269 e. The number of nitro benzene ring substituents is 1. The van der Waals surface area contributed by atoms with E-state index in [2.05, 4.69) is 11.9 Å². The molecule has 1 amide bonds. The molecule has 2 aromatic rings. The minimum Gasteiger partial charge on any atom is -0.322 e. The summed E-state index contributed by atoms with van der Waals surface area (Å²) >= 11 is 0. The molecule has 0 aromatic heterocycles. The topological polar surface area (TPSA) is 72.2 Å². The summed E-state index contributed by atoms with van der Waals surface area (Å²) in [5, 5.41) is 13.3. The highest BCUT2D eigenvalue weighted by molar-refractivity contribution is 6.02. The Bertz CT molecular complexity index is 760. The lowest BCUT2D eigenvalue weighted by Gasteiger charge is -2.04. The maximum atomic E-state index is 11.5. The number of carbonyl (C=O) groups excluding carboxylic acids is 1. The number of nitro groups is 1.